The first-order chi connectivity index (χ1) is 12.8. The number of hydrogen-bond acceptors (Lipinski definition) is 9. The number of aliphatic hydroxyl groups is 3. The lowest BCUT2D eigenvalue weighted by molar-refractivity contribution is -0.0772. The van der Waals surface area contributed by atoms with Gasteiger partial charge in [0, 0.05) is 0 Å². The van der Waals surface area contributed by atoms with Gasteiger partial charge in [-0.1, -0.05) is 0 Å². The van der Waals surface area contributed by atoms with Crippen LogP contribution in [0.4, 0.5) is 5.95 Å². The van der Waals surface area contributed by atoms with Crippen molar-refractivity contribution < 1.29 is 24.8 Å². The predicted octanol–water partition coefficient (Wildman–Crippen LogP) is -0.0898. The standard InChI is InChI=1S/C17H23N5O5/c1-4-26-14-11-13(20-16(18)21-14)22(8-19-11)15-17(25,6-5-9(2)3)12(24)10(7-23)27-15/h6,8,10,12,15,23-25H,4,7H2,1-3H3,(H2,18,20,21)/t10-,12-,15-,17-/m1/s1. The van der Waals surface area contributed by atoms with Crippen LogP contribution in [0.2, 0.25) is 0 Å². The Morgan fingerprint density at radius 2 is 2.22 bits per heavy atom. The number of aliphatic hydroxyl groups excluding tert-OH is 2. The van der Waals surface area contributed by atoms with Gasteiger partial charge in [-0.25, -0.2) is 4.98 Å². The van der Waals surface area contributed by atoms with E-state index in [0.29, 0.717) is 12.1 Å². The molecule has 5 N–H and O–H groups in total. The van der Waals surface area contributed by atoms with E-state index < -0.39 is 30.6 Å². The topological polar surface area (TPSA) is 149 Å². The number of anilines is 1. The van der Waals surface area contributed by atoms with Crippen molar-refractivity contribution in [2.45, 2.75) is 44.8 Å². The van der Waals surface area contributed by atoms with Crippen molar-refractivity contribution in [1.82, 2.24) is 19.5 Å². The Balaban J connectivity index is 2.17. The lowest BCUT2D eigenvalue weighted by Gasteiger charge is -2.27. The Morgan fingerprint density at radius 3 is 2.85 bits per heavy atom. The van der Waals surface area contributed by atoms with Gasteiger partial charge in [-0.2, -0.15) is 9.97 Å². The second-order valence-corrected chi connectivity index (χ2v) is 6.47. The summed E-state index contributed by atoms with van der Waals surface area (Å²) in [4.78, 5) is 12.4. The number of hydrogen-bond donors (Lipinski definition) is 4. The van der Waals surface area contributed by atoms with Crippen LogP contribution in [0, 0.1) is 0 Å². The molecule has 1 aliphatic heterocycles. The first-order valence-corrected chi connectivity index (χ1v) is 8.52. The fourth-order valence-electron chi connectivity index (χ4n) is 2.96. The van der Waals surface area contributed by atoms with Crippen LogP contribution in [0.25, 0.3) is 11.2 Å². The van der Waals surface area contributed by atoms with E-state index in [2.05, 4.69) is 20.7 Å². The average Bonchev–Trinajstić information content (AvgIpc) is 3.13. The van der Waals surface area contributed by atoms with Gasteiger partial charge in [-0.15, -0.1) is 5.73 Å². The van der Waals surface area contributed by atoms with Gasteiger partial charge in [0.1, 0.15) is 12.2 Å². The van der Waals surface area contributed by atoms with Gasteiger partial charge in [-0.05, 0) is 32.4 Å². The summed E-state index contributed by atoms with van der Waals surface area (Å²) in [7, 11) is 0. The van der Waals surface area contributed by atoms with Gasteiger partial charge >= 0.3 is 0 Å². The molecule has 4 atom stereocenters. The van der Waals surface area contributed by atoms with E-state index in [-0.39, 0.29) is 17.5 Å². The van der Waals surface area contributed by atoms with Gasteiger partial charge in [0.05, 0.1) is 19.5 Å². The second-order valence-electron chi connectivity index (χ2n) is 6.47. The van der Waals surface area contributed by atoms with E-state index in [0.717, 1.165) is 5.57 Å². The van der Waals surface area contributed by atoms with Crippen molar-refractivity contribution in [3.05, 3.63) is 23.7 Å². The third kappa shape index (κ3) is 3.29. The van der Waals surface area contributed by atoms with Crippen LogP contribution in [0.5, 0.6) is 5.88 Å². The van der Waals surface area contributed by atoms with E-state index in [1.807, 2.05) is 0 Å². The smallest absolute Gasteiger partial charge is 0.247 e. The van der Waals surface area contributed by atoms with E-state index >= 15 is 0 Å². The number of fused-ring (bicyclic) bond motifs is 1. The number of nitrogens with zero attached hydrogens (tertiary/aromatic N) is 4. The fourth-order valence-corrected chi connectivity index (χ4v) is 2.96. The zero-order valence-corrected chi connectivity index (χ0v) is 15.3. The largest absolute Gasteiger partial charge is 0.476 e. The number of ether oxygens (including phenoxy) is 2. The number of nitrogens with two attached hydrogens (primary N) is 1. The number of imidazole rings is 1. The quantitative estimate of drug-likeness (QED) is 0.524. The van der Waals surface area contributed by atoms with Crippen LogP contribution >= 0.6 is 0 Å². The maximum Gasteiger partial charge on any atom is 0.247 e. The summed E-state index contributed by atoms with van der Waals surface area (Å²) >= 11 is 0. The molecule has 1 fully saturated rings. The molecule has 0 unspecified atom stereocenters. The molecule has 3 heterocycles. The highest BCUT2D eigenvalue weighted by atomic mass is 16.6. The van der Waals surface area contributed by atoms with Crippen molar-refractivity contribution in [2.24, 2.45) is 0 Å². The molecule has 0 spiro atoms. The van der Waals surface area contributed by atoms with Crippen molar-refractivity contribution in [3.8, 4) is 5.88 Å². The minimum Gasteiger partial charge on any atom is -0.476 e. The zero-order chi connectivity index (χ0) is 19.8. The first kappa shape index (κ1) is 19.3. The highest BCUT2D eigenvalue weighted by molar-refractivity contribution is 5.77. The summed E-state index contributed by atoms with van der Waals surface area (Å²) in [6.45, 7) is 5.28. The van der Waals surface area contributed by atoms with Crippen molar-refractivity contribution in [1.29, 1.82) is 0 Å². The minimum atomic E-state index is -1.87. The lowest BCUT2D eigenvalue weighted by atomic mass is 9.93. The maximum atomic E-state index is 11.2. The summed E-state index contributed by atoms with van der Waals surface area (Å²) in [6, 6.07) is 0. The molecule has 0 amide bonds. The highest BCUT2D eigenvalue weighted by Crippen LogP contribution is 2.41. The Hall–Kier alpha value is -2.49. The van der Waals surface area contributed by atoms with E-state index in [4.69, 9.17) is 15.2 Å². The Bertz CT molecular complexity index is 902. The molecule has 1 aliphatic rings. The van der Waals surface area contributed by atoms with Gasteiger partial charge in [0.2, 0.25) is 11.8 Å². The fraction of sp³-hybridized carbons (Fsp3) is 0.529. The molecule has 2 aromatic heterocycles. The predicted molar refractivity (Wildman–Crippen MR) is 95.8 cm³/mol. The molecule has 0 bridgehead atoms. The summed E-state index contributed by atoms with van der Waals surface area (Å²) in [5.74, 6) is 0.174. The van der Waals surface area contributed by atoms with Crippen LogP contribution in [0.15, 0.2) is 23.7 Å². The molecule has 10 heteroatoms. The van der Waals surface area contributed by atoms with Crippen LogP contribution in [0.1, 0.15) is 27.0 Å². The number of nitrogen functional groups attached to an aromatic ring is 1. The number of rotatable bonds is 5. The summed E-state index contributed by atoms with van der Waals surface area (Å²) < 4.78 is 12.6. The molecule has 0 aromatic carbocycles. The molecule has 0 radical (unpaired) electrons. The molecule has 0 aliphatic carbocycles. The van der Waals surface area contributed by atoms with Crippen molar-refractivity contribution >= 4 is 17.1 Å². The van der Waals surface area contributed by atoms with E-state index in [1.165, 1.54) is 17.0 Å². The Kier molecular flexibility index (Phi) is 5.18. The third-order valence-corrected chi connectivity index (χ3v) is 4.24. The zero-order valence-electron chi connectivity index (χ0n) is 15.3. The van der Waals surface area contributed by atoms with E-state index in [1.54, 1.807) is 20.8 Å². The molecule has 3 rings (SSSR count). The van der Waals surface area contributed by atoms with Gasteiger partial charge in [0.15, 0.2) is 23.0 Å². The maximum absolute atomic E-state index is 11.2. The second kappa shape index (κ2) is 7.26. The van der Waals surface area contributed by atoms with Gasteiger partial charge in [-0.3, -0.25) is 4.57 Å². The van der Waals surface area contributed by atoms with Gasteiger partial charge in [0.25, 0.3) is 0 Å². The monoisotopic (exact) mass is 377 g/mol. The summed E-state index contributed by atoms with van der Waals surface area (Å²) in [5.41, 5.74) is 8.19. The van der Waals surface area contributed by atoms with Crippen molar-refractivity contribution in [2.75, 3.05) is 18.9 Å². The van der Waals surface area contributed by atoms with Crippen LogP contribution in [-0.2, 0) is 4.74 Å². The van der Waals surface area contributed by atoms with Crippen molar-refractivity contribution in [3.63, 3.8) is 0 Å². The molecule has 27 heavy (non-hydrogen) atoms. The molecule has 0 saturated carbocycles. The Morgan fingerprint density at radius 1 is 1.48 bits per heavy atom. The van der Waals surface area contributed by atoms with Gasteiger partial charge < -0.3 is 30.5 Å². The molecule has 146 valence electrons. The Labute approximate surface area is 155 Å². The summed E-state index contributed by atoms with van der Waals surface area (Å²) in [6.07, 6.45) is -0.793. The molecule has 1 saturated heterocycles. The van der Waals surface area contributed by atoms with E-state index in [9.17, 15) is 15.3 Å². The molecular weight excluding hydrogens is 354 g/mol. The normalized spacial score (nSPS) is 27.6. The van der Waals surface area contributed by atoms with Crippen LogP contribution in [0.3, 0.4) is 0 Å². The lowest BCUT2D eigenvalue weighted by Crippen LogP contribution is -2.45. The SMILES string of the molecule is CCOc1nc(N)nc2c1ncn2[C@@H]1O[C@H](CO)[C@@H](O)[C@]1(O)C=C=C(C)C. The third-order valence-electron chi connectivity index (χ3n) is 4.24. The van der Waals surface area contributed by atoms with Crippen LogP contribution < -0.4 is 10.5 Å². The van der Waals surface area contributed by atoms with Crippen LogP contribution in [-0.4, -0.2) is 65.9 Å². The number of aromatic nitrogens is 4. The minimum absolute atomic E-state index is 0.0340. The molecule has 10 nitrogen and oxygen atoms in total. The first-order valence-electron chi connectivity index (χ1n) is 8.52. The molecule has 2 aromatic rings. The molecular formula is C17H23N5O5. The summed E-state index contributed by atoms with van der Waals surface area (Å²) in [5, 5.41) is 31.2. The average molecular weight is 377 g/mol. The highest BCUT2D eigenvalue weighted by Gasteiger charge is 2.55.